The molecule has 0 fully saturated rings. The summed E-state index contributed by atoms with van der Waals surface area (Å²) in [7, 11) is 0. The van der Waals surface area contributed by atoms with Crippen LogP contribution < -0.4 is 0 Å². The van der Waals surface area contributed by atoms with Crippen molar-refractivity contribution in [2.75, 3.05) is 0 Å². The van der Waals surface area contributed by atoms with E-state index in [0.29, 0.717) is 11.1 Å². The molecule has 20 heavy (non-hydrogen) atoms. The van der Waals surface area contributed by atoms with Crippen LogP contribution in [0.15, 0.2) is 51.4 Å². The molecule has 2 aromatic rings. The number of benzene rings is 2. The predicted octanol–water partition coefficient (Wildman–Crippen LogP) is 5.01. The number of nitriles is 1. The Morgan fingerprint density at radius 2 is 1.95 bits per heavy atom. The van der Waals surface area contributed by atoms with Crippen LogP contribution in [0.1, 0.15) is 27.4 Å². The van der Waals surface area contributed by atoms with Gasteiger partial charge in [-0.3, -0.25) is 4.79 Å². The second-order valence-corrected chi connectivity index (χ2v) is 6.23. The van der Waals surface area contributed by atoms with E-state index >= 15 is 0 Å². The van der Waals surface area contributed by atoms with Crippen molar-refractivity contribution < 1.29 is 4.79 Å². The first-order chi connectivity index (χ1) is 9.52. The molecule has 0 heterocycles. The molecule has 0 saturated carbocycles. The van der Waals surface area contributed by atoms with Gasteiger partial charge in [0.05, 0.1) is 6.07 Å². The fourth-order valence-electron chi connectivity index (χ4n) is 1.95. The van der Waals surface area contributed by atoms with Crippen molar-refractivity contribution in [3.63, 3.8) is 0 Å². The van der Waals surface area contributed by atoms with Gasteiger partial charge in [0, 0.05) is 14.5 Å². The monoisotopic (exact) mass is 391 g/mol. The van der Waals surface area contributed by atoms with Crippen LogP contribution in [0.25, 0.3) is 0 Å². The first-order valence-corrected chi connectivity index (χ1v) is 7.57. The van der Waals surface area contributed by atoms with Gasteiger partial charge in [-0.25, -0.2) is 0 Å². The molecule has 0 aliphatic heterocycles. The van der Waals surface area contributed by atoms with E-state index in [-0.39, 0.29) is 5.78 Å². The van der Waals surface area contributed by atoms with Crippen LogP contribution in [0.3, 0.4) is 0 Å². The van der Waals surface area contributed by atoms with Gasteiger partial charge in [-0.2, -0.15) is 5.26 Å². The summed E-state index contributed by atoms with van der Waals surface area (Å²) in [6, 6.07) is 14.9. The summed E-state index contributed by atoms with van der Waals surface area (Å²) in [5.41, 5.74) is 2.28. The molecule has 0 bridgehead atoms. The summed E-state index contributed by atoms with van der Waals surface area (Å²) in [6.07, 6.45) is 0. The van der Waals surface area contributed by atoms with Gasteiger partial charge in [-0.05, 0) is 42.3 Å². The van der Waals surface area contributed by atoms with E-state index in [1.54, 1.807) is 18.2 Å². The van der Waals surface area contributed by atoms with E-state index in [9.17, 15) is 10.1 Å². The molecule has 1 atom stereocenters. The van der Waals surface area contributed by atoms with Gasteiger partial charge in [0.2, 0.25) is 0 Å². The Balaban J connectivity index is 2.42. The highest BCUT2D eigenvalue weighted by Gasteiger charge is 2.23. The average Bonchev–Trinajstić information content (AvgIpc) is 2.39. The maximum Gasteiger partial charge on any atom is 0.185 e. The molecule has 0 radical (unpaired) electrons. The Morgan fingerprint density at radius 3 is 2.55 bits per heavy atom. The molecule has 2 nitrogen and oxygen atoms in total. The molecule has 0 aliphatic rings. The molecule has 2 aromatic carbocycles. The predicted molar refractivity (Wildman–Crippen MR) is 85.7 cm³/mol. The lowest BCUT2D eigenvalue weighted by molar-refractivity contribution is 0.0978. The Morgan fingerprint density at radius 1 is 1.20 bits per heavy atom. The zero-order chi connectivity index (χ0) is 14.7. The SMILES string of the molecule is Cc1ccc(C(=O)C(C#N)c2cccc(Br)c2)c(Br)c1. The second kappa shape index (κ2) is 6.34. The molecule has 0 N–H and O–H groups in total. The van der Waals surface area contributed by atoms with E-state index in [1.807, 2.05) is 31.2 Å². The van der Waals surface area contributed by atoms with Gasteiger partial charge in [0.15, 0.2) is 5.78 Å². The van der Waals surface area contributed by atoms with Crippen molar-refractivity contribution in [2.45, 2.75) is 12.8 Å². The molecule has 0 amide bonds. The number of rotatable bonds is 3. The van der Waals surface area contributed by atoms with Crippen LogP contribution in [0, 0.1) is 18.3 Å². The fraction of sp³-hybridized carbons (Fsp3) is 0.125. The number of halogens is 2. The molecule has 0 saturated heterocycles. The largest absolute Gasteiger partial charge is 0.292 e. The normalized spacial score (nSPS) is 11.7. The van der Waals surface area contributed by atoms with Gasteiger partial charge in [0.25, 0.3) is 0 Å². The standard InChI is InChI=1S/C16H11Br2NO/c1-10-5-6-13(15(18)7-10)16(20)14(9-19)11-3-2-4-12(17)8-11/h2-8,14H,1H3. The maximum absolute atomic E-state index is 12.6. The van der Waals surface area contributed by atoms with Crippen LogP contribution in [-0.2, 0) is 0 Å². The van der Waals surface area contributed by atoms with Gasteiger partial charge < -0.3 is 0 Å². The molecule has 0 spiro atoms. The summed E-state index contributed by atoms with van der Waals surface area (Å²) in [4.78, 5) is 12.6. The topological polar surface area (TPSA) is 40.9 Å². The minimum atomic E-state index is -0.800. The van der Waals surface area contributed by atoms with E-state index in [1.165, 1.54) is 0 Å². The molecule has 0 aromatic heterocycles. The second-order valence-electron chi connectivity index (χ2n) is 4.46. The number of carbonyl (C=O) groups excluding carboxylic acids is 1. The maximum atomic E-state index is 12.6. The van der Waals surface area contributed by atoms with Crippen LogP contribution in [0.5, 0.6) is 0 Å². The first kappa shape index (κ1) is 15.0. The molecular weight excluding hydrogens is 382 g/mol. The minimum absolute atomic E-state index is 0.197. The van der Waals surface area contributed by atoms with Crippen LogP contribution in [0.2, 0.25) is 0 Å². The third-order valence-electron chi connectivity index (χ3n) is 2.96. The Kier molecular flexibility index (Phi) is 4.74. The summed E-state index contributed by atoms with van der Waals surface area (Å²) in [6.45, 7) is 1.95. The number of Topliss-reactive ketones (excluding diaryl/α,β-unsaturated/α-hetero) is 1. The fourth-order valence-corrected chi connectivity index (χ4v) is 3.05. The molecule has 100 valence electrons. The lowest BCUT2D eigenvalue weighted by atomic mass is 9.91. The van der Waals surface area contributed by atoms with Crippen molar-refractivity contribution >= 4 is 37.6 Å². The van der Waals surface area contributed by atoms with E-state index in [2.05, 4.69) is 37.9 Å². The molecular formula is C16H11Br2NO. The third kappa shape index (κ3) is 3.17. The number of hydrogen-bond acceptors (Lipinski definition) is 2. The highest BCUT2D eigenvalue weighted by molar-refractivity contribution is 9.10. The van der Waals surface area contributed by atoms with Crippen LogP contribution in [-0.4, -0.2) is 5.78 Å². The van der Waals surface area contributed by atoms with Crippen molar-refractivity contribution in [1.29, 1.82) is 5.26 Å². The Hall–Kier alpha value is -1.44. The van der Waals surface area contributed by atoms with Gasteiger partial charge in [-0.1, -0.05) is 50.1 Å². The highest BCUT2D eigenvalue weighted by Crippen LogP contribution is 2.27. The molecule has 4 heteroatoms. The van der Waals surface area contributed by atoms with Gasteiger partial charge in [-0.15, -0.1) is 0 Å². The molecule has 2 rings (SSSR count). The van der Waals surface area contributed by atoms with Crippen molar-refractivity contribution in [3.05, 3.63) is 68.1 Å². The Labute approximate surface area is 134 Å². The number of ketones is 1. The summed E-state index contributed by atoms with van der Waals surface area (Å²) >= 11 is 6.75. The first-order valence-electron chi connectivity index (χ1n) is 5.98. The molecule has 1 unspecified atom stereocenters. The van der Waals surface area contributed by atoms with Gasteiger partial charge >= 0.3 is 0 Å². The Bertz CT molecular complexity index is 704. The van der Waals surface area contributed by atoms with Crippen molar-refractivity contribution in [3.8, 4) is 6.07 Å². The number of aryl methyl sites for hydroxylation is 1. The van der Waals surface area contributed by atoms with Crippen LogP contribution in [0.4, 0.5) is 0 Å². The lowest BCUT2D eigenvalue weighted by Crippen LogP contribution is -2.12. The van der Waals surface area contributed by atoms with E-state index < -0.39 is 5.92 Å². The van der Waals surface area contributed by atoms with Crippen molar-refractivity contribution in [2.24, 2.45) is 0 Å². The van der Waals surface area contributed by atoms with Gasteiger partial charge in [0.1, 0.15) is 5.92 Å². The van der Waals surface area contributed by atoms with E-state index in [4.69, 9.17) is 0 Å². The average molecular weight is 393 g/mol. The zero-order valence-corrected chi connectivity index (χ0v) is 13.9. The number of hydrogen-bond donors (Lipinski definition) is 0. The van der Waals surface area contributed by atoms with Crippen molar-refractivity contribution in [1.82, 2.24) is 0 Å². The number of nitrogens with zero attached hydrogens (tertiary/aromatic N) is 1. The quantitative estimate of drug-likeness (QED) is 0.688. The smallest absolute Gasteiger partial charge is 0.185 e. The summed E-state index contributed by atoms with van der Waals surface area (Å²) in [5, 5.41) is 9.35. The van der Waals surface area contributed by atoms with E-state index in [0.717, 1.165) is 14.5 Å². The summed E-state index contributed by atoms with van der Waals surface area (Å²) in [5.74, 6) is -0.996. The molecule has 0 aliphatic carbocycles. The zero-order valence-electron chi connectivity index (χ0n) is 10.7. The minimum Gasteiger partial charge on any atom is -0.292 e. The van der Waals surface area contributed by atoms with Crippen LogP contribution >= 0.6 is 31.9 Å². The number of carbonyl (C=O) groups is 1. The lowest BCUT2D eigenvalue weighted by Gasteiger charge is -2.11. The highest BCUT2D eigenvalue weighted by atomic mass is 79.9. The summed E-state index contributed by atoms with van der Waals surface area (Å²) < 4.78 is 1.57. The third-order valence-corrected chi connectivity index (χ3v) is 4.11.